The Morgan fingerprint density at radius 2 is 2.03 bits per heavy atom. The van der Waals surface area contributed by atoms with Gasteiger partial charge in [0.05, 0.1) is 12.0 Å². The zero-order chi connectivity index (χ0) is 20.8. The summed E-state index contributed by atoms with van der Waals surface area (Å²) in [5, 5.41) is 10.4. The van der Waals surface area contributed by atoms with Crippen LogP contribution in [0.3, 0.4) is 0 Å². The van der Waals surface area contributed by atoms with Crippen LogP contribution < -0.4 is 9.47 Å². The molecule has 1 unspecified atom stereocenters. The van der Waals surface area contributed by atoms with E-state index in [1.165, 1.54) is 0 Å². The Balaban J connectivity index is 1.70. The van der Waals surface area contributed by atoms with E-state index in [2.05, 4.69) is 0 Å². The smallest absolute Gasteiger partial charge is 0.170 e. The standard InChI is InChI=1S/C25H26O4/c1-15(2)5-7-18-20(26)9-8-19-21(27)14-23(28-24(18)19)16-6-10-22-17(13-16)11-12-25(3,4)29-22/h5-6,8-13,23,26H,7,14H2,1-4H3. The molecule has 0 spiro atoms. The van der Waals surface area contributed by atoms with Gasteiger partial charge in [-0.2, -0.15) is 0 Å². The second kappa shape index (κ2) is 7.11. The number of aromatic hydroxyl groups is 1. The molecule has 0 saturated heterocycles. The zero-order valence-electron chi connectivity index (χ0n) is 17.3. The van der Waals surface area contributed by atoms with Gasteiger partial charge < -0.3 is 14.6 Å². The maximum atomic E-state index is 12.8. The van der Waals surface area contributed by atoms with E-state index < -0.39 is 6.10 Å². The molecule has 29 heavy (non-hydrogen) atoms. The molecular weight excluding hydrogens is 364 g/mol. The lowest BCUT2D eigenvalue weighted by Crippen LogP contribution is -2.27. The molecule has 0 bridgehead atoms. The first-order valence-corrected chi connectivity index (χ1v) is 9.94. The van der Waals surface area contributed by atoms with Crippen LogP contribution in [0.4, 0.5) is 0 Å². The lowest BCUT2D eigenvalue weighted by molar-refractivity contribution is 0.0847. The fourth-order valence-corrected chi connectivity index (χ4v) is 3.72. The SMILES string of the molecule is CC(C)=CCc1c(O)ccc2c1OC(c1ccc3c(c1)C=CC(C)(C)O3)CC2=O. The Bertz CT molecular complexity index is 1040. The fourth-order valence-electron chi connectivity index (χ4n) is 3.72. The highest BCUT2D eigenvalue weighted by Crippen LogP contribution is 2.42. The Morgan fingerprint density at radius 3 is 2.79 bits per heavy atom. The Morgan fingerprint density at radius 1 is 1.24 bits per heavy atom. The van der Waals surface area contributed by atoms with E-state index in [0.29, 0.717) is 23.3 Å². The first-order chi connectivity index (χ1) is 13.7. The van der Waals surface area contributed by atoms with Gasteiger partial charge in [0.25, 0.3) is 0 Å². The summed E-state index contributed by atoms with van der Waals surface area (Å²) in [6, 6.07) is 9.14. The molecule has 4 nitrogen and oxygen atoms in total. The van der Waals surface area contributed by atoms with E-state index in [0.717, 1.165) is 22.4 Å². The predicted molar refractivity (Wildman–Crippen MR) is 114 cm³/mol. The monoisotopic (exact) mass is 390 g/mol. The van der Waals surface area contributed by atoms with Crippen molar-refractivity contribution in [1.29, 1.82) is 0 Å². The van der Waals surface area contributed by atoms with Gasteiger partial charge in [-0.25, -0.2) is 0 Å². The van der Waals surface area contributed by atoms with Gasteiger partial charge in [0.1, 0.15) is 29.0 Å². The number of hydrogen-bond donors (Lipinski definition) is 1. The van der Waals surface area contributed by atoms with Crippen LogP contribution in [0.2, 0.25) is 0 Å². The molecule has 2 heterocycles. The van der Waals surface area contributed by atoms with Crippen LogP contribution in [0, 0.1) is 0 Å². The summed E-state index contributed by atoms with van der Waals surface area (Å²) >= 11 is 0. The topological polar surface area (TPSA) is 55.8 Å². The van der Waals surface area contributed by atoms with Gasteiger partial charge in [-0.3, -0.25) is 4.79 Å². The molecular formula is C25H26O4. The Labute approximate surface area is 171 Å². The largest absolute Gasteiger partial charge is 0.508 e. The highest BCUT2D eigenvalue weighted by atomic mass is 16.5. The highest BCUT2D eigenvalue weighted by Gasteiger charge is 2.31. The van der Waals surface area contributed by atoms with Crippen molar-refractivity contribution < 1.29 is 19.4 Å². The minimum atomic E-state index is -0.393. The number of phenols is 1. The van der Waals surface area contributed by atoms with Crippen molar-refractivity contribution in [2.75, 3.05) is 0 Å². The number of carbonyl (C=O) groups is 1. The van der Waals surface area contributed by atoms with E-state index in [1.807, 2.05) is 64.1 Å². The summed E-state index contributed by atoms with van der Waals surface area (Å²) < 4.78 is 12.3. The molecule has 4 rings (SSSR count). The third-order valence-corrected chi connectivity index (χ3v) is 5.32. The number of fused-ring (bicyclic) bond motifs is 2. The van der Waals surface area contributed by atoms with Gasteiger partial charge in [0.2, 0.25) is 0 Å². The molecule has 2 aliphatic heterocycles. The molecule has 0 saturated carbocycles. The second-order valence-corrected chi connectivity index (χ2v) is 8.50. The predicted octanol–water partition coefficient (Wildman–Crippen LogP) is 5.79. The van der Waals surface area contributed by atoms with Gasteiger partial charge in [-0.05, 0) is 70.0 Å². The molecule has 0 aromatic heterocycles. The first kappa shape index (κ1) is 19.3. The molecule has 2 aromatic rings. The van der Waals surface area contributed by atoms with Crippen LogP contribution in [-0.2, 0) is 6.42 Å². The van der Waals surface area contributed by atoms with Crippen molar-refractivity contribution in [2.45, 2.75) is 52.2 Å². The number of Topliss-reactive ketones (excluding diaryl/α,β-unsaturated/α-hetero) is 1. The highest BCUT2D eigenvalue weighted by molar-refractivity contribution is 6.00. The molecule has 1 N–H and O–H groups in total. The van der Waals surface area contributed by atoms with Gasteiger partial charge in [0, 0.05) is 11.1 Å². The van der Waals surface area contributed by atoms with Crippen LogP contribution in [0.25, 0.3) is 6.08 Å². The van der Waals surface area contributed by atoms with E-state index in [9.17, 15) is 9.90 Å². The van der Waals surface area contributed by atoms with Crippen molar-refractivity contribution in [2.24, 2.45) is 0 Å². The third-order valence-electron chi connectivity index (χ3n) is 5.32. The number of benzene rings is 2. The molecule has 1 atom stereocenters. The van der Waals surface area contributed by atoms with Crippen molar-refractivity contribution in [3.63, 3.8) is 0 Å². The summed E-state index contributed by atoms with van der Waals surface area (Å²) in [6.07, 6.45) is 6.50. The van der Waals surface area contributed by atoms with Gasteiger partial charge in [0.15, 0.2) is 5.78 Å². The lowest BCUT2D eigenvalue weighted by atomic mass is 9.92. The number of allylic oxidation sites excluding steroid dienone is 2. The average Bonchev–Trinajstić information content (AvgIpc) is 2.65. The van der Waals surface area contributed by atoms with Crippen LogP contribution in [0.1, 0.15) is 67.3 Å². The van der Waals surface area contributed by atoms with Crippen LogP contribution in [-0.4, -0.2) is 16.5 Å². The molecule has 0 amide bonds. The van der Waals surface area contributed by atoms with Crippen LogP contribution in [0.15, 0.2) is 48.1 Å². The number of ether oxygens (including phenoxy) is 2. The summed E-state index contributed by atoms with van der Waals surface area (Å²) in [6.45, 7) is 8.04. The number of phenolic OH excluding ortho intramolecular Hbond substituents is 1. The number of ketones is 1. The summed E-state index contributed by atoms with van der Waals surface area (Å²) in [7, 11) is 0. The summed E-state index contributed by atoms with van der Waals surface area (Å²) in [4.78, 5) is 12.8. The quantitative estimate of drug-likeness (QED) is 0.674. The Hall–Kier alpha value is -3.01. The molecule has 0 fully saturated rings. The number of hydrogen-bond acceptors (Lipinski definition) is 4. The summed E-state index contributed by atoms with van der Waals surface area (Å²) in [5.74, 6) is 1.50. The molecule has 2 aromatic carbocycles. The number of carbonyl (C=O) groups excluding carboxylic acids is 1. The summed E-state index contributed by atoms with van der Waals surface area (Å²) in [5.41, 5.74) is 3.91. The van der Waals surface area contributed by atoms with Crippen molar-refractivity contribution in [1.82, 2.24) is 0 Å². The van der Waals surface area contributed by atoms with Crippen molar-refractivity contribution in [3.05, 3.63) is 70.3 Å². The maximum Gasteiger partial charge on any atom is 0.170 e. The first-order valence-electron chi connectivity index (χ1n) is 9.94. The average molecular weight is 390 g/mol. The van der Waals surface area contributed by atoms with E-state index in [1.54, 1.807) is 12.1 Å². The van der Waals surface area contributed by atoms with E-state index in [4.69, 9.17) is 9.47 Å². The molecule has 4 heteroatoms. The third kappa shape index (κ3) is 3.80. The maximum absolute atomic E-state index is 12.8. The number of rotatable bonds is 3. The van der Waals surface area contributed by atoms with Crippen LogP contribution in [0.5, 0.6) is 17.2 Å². The molecule has 150 valence electrons. The minimum absolute atomic E-state index is 0.0281. The molecule has 2 aliphatic rings. The van der Waals surface area contributed by atoms with E-state index in [-0.39, 0.29) is 23.6 Å². The van der Waals surface area contributed by atoms with Gasteiger partial charge in [-0.15, -0.1) is 0 Å². The fraction of sp³-hybridized carbons (Fsp3) is 0.320. The normalized spacial score (nSPS) is 18.9. The van der Waals surface area contributed by atoms with Gasteiger partial charge in [-0.1, -0.05) is 23.8 Å². The molecule has 0 aliphatic carbocycles. The van der Waals surface area contributed by atoms with Crippen molar-refractivity contribution >= 4 is 11.9 Å². The zero-order valence-corrected chi connectivity index (χ0v) is 17.3. The van der Waals surface area contributed by atoms with Crippen molar-refractivity contribution in [3.8, 4) is 17.2 Å². The van der Waals surface area contributed by atoms with Gasteiger partial charge >= 0.3 is 0 Å². The van der Waals surface area contributed by atoms with E-state index >= 15 is 0 Å². The van der Waals surface area contributed by atoms with Crippen LogP contribution >= 0.6 is 0 Å². The second-order valence-electron chi connectivity index (χ2n) is 8.50. The lowest BCUT2D eigenvalue weighted by Gasteiger charge is -2.30. The Kier molecular flexibility index (Phi) is 4.73. The minimum Gasteiger partial charge on any atom is -0.508 e. The molecule has 0 radical (unpaired) electrons.